The number of nitrogens with two attached hydrogens (primary N) is 1. The maximum Gasteiger partial charge on any atom is 0.194 e. The van der Waals surface area contributed by atoms with Gasteiger partial charge in [0.25, 0.3) is 0 Å². The molecule has 0 amide bonds. The number of Topliss-reactive ketones (excluding diaryl/α,β-unsaturated/α-hetero) is 1. The van der Waals surface area contributed by atoms with E-state index in [-0.39, 0.29) is 5.78 Å². The molecule has 1 aliphatic heterocycles. The van der Waals surface area contributed by atoms with Gasteiger partial charge in [0.05, 0.1) is 0 Å². The molecule has 1 atom stereocenters. The molecule has 1 aliphatic rings. The van der Waals surface area contributed by atoms with Crippen molar-refractivity contribution < 1.29 is 9.53 Å². The van der Waals surface area contributed by atoms with Crippen molar-refractivity contribution in [3.63, 3.8) is 0 Å². The molecule has 0 radical (unpaired) electrons. The van der Waals surface area contributed by atoms with Crippen LogP contribution >= 0.6 is 0 Å². The molecule has 0 aromatic heterocycles. The minimum Gasteiger partial charge on any atom is -0.399 e. The lowest BCUT2D eigenvalue weighted by Gasteiger charge is -2.22. The first-order valence-electron chi connectivity index (χ1n) is 5.58. The fourth-order valence-corrected chi connectivity index (χ4v) is 2.18. The van der Waals surface area contributed by atoms with Gasteiger partial charge in [-0.2, -0.15) is 0 Å². The predicted octanol–water partition coefficient (Wildman–Crippen LogP) is 2.33. The van der Waals surface area contributed by atoms with Gasteiger partial charge >= 0.3 is 0 Å². The minimum atomic E-state index is -0.638. The molecule has 3 nitrogen and oxygen atoms in total. The van der Waals surface area contributed by atoms with Crippen LogP contribution < -0.4 is 5.73 Å². The maximum absolute atomic E-state index is 12.3. The molecule has 1 aromatic carbocycles. The van der Waals surface area contributed by atoms with Crippen molar-refractivity contribution in [2.24, 2.45) is 0 Å². The Kier molecular flexibility index (Phi) is 2.72. The second-order valence-electron chi connectivity index (χ2n) is 4.59. The highest BCUT2D eigenvalue weighted by Crippen LogP contribution is 2.30. The third-order valence-corrected chi connectivity index (χ3v) is 3.19. The van der Waals surface area contributed by atoms with Gasteiger partial charge in [-0.3, -0.25) is 4.79 Å². The number of rotatable bonds is 2. The summed E-state index contributed by atoms with van der Waals surface area (Å²) >= 11 is 0. The molecule has 0 bridgehead atoms. The van der Waals surface area contributed by atoms with Crippen LogP contribution in [0.2, 0.25) is 0 Å². The molecule has 1 saturated heterocycles. The first-order valence-corrected chi connectivity index (χ1v) is 5.58. The average molecular weight is 219 g/mol. The molecule has 2 N–H and O–H groups in total. The molecule has 1 fully saturated rings. The van der Waals surface area contributed by atoms with Crippen molar-refractivity contribution in [1.82, 2.24) is 0 Å². The summed E-state index contributed by atoms with van der Waals surface area (Å²) in [5.41, 5.74) is 7.36. The highest BCUT2D eigenvalue weighted by Gasteiger charge is 2.38. The standard InChI is InChI=1S/C13H17NO2/c1-9-8-10(14)4-5-11(9)12(15)13(2)6-3-7-16-13/h4-5,8H,3,6-7,14H2,1-2H3. The van der Waals surface area contributed by atoms with Crippen molar-refractivity contribution in [1.29, 1.82) is 0 Å². The van der Waals surface area contributed by atoms with E-state index in [1.807, 2.05) is 19.9 Å². The fourth-order valence-electron chi connectivity index (χ4n) is 2.18. The van der Waals surface area contributed by atoms with E-state index in [1.165, 1.54) is 0 Å². The van der Waals surface area contributed by atoms with E-state index in [0.717, 1.165) is 24.0 Å². The largest absolute Gasteiger partial charge is 0.399 e. The second kappa shape index (κ2) is 3.91. The van der Waals surface area contributed by atoms with Gasteiger partial charge < -0.3 is 10.5 Å². The number of benzene rings is 1. The molecular formula is C13H17NO2. The summed E-state index contributed by atoms with van der Waals surface area (Å²) in [5.74, 6) is 0.0718. The van der Waals surface area contributed by atoms with Crippen LogP contribution in [0.4, 0.5) is 5.69 Å². The Morgan fingerprint density at radius 2 is 2.25 bits per heavy atom. The van der Waals surface area contributed by atoms with Crippen LogP contribution in [-0.2, 0) is 4.74 Å². The van der Waals surface area contributed by atoms with E-state index in [1.54, 1.807) is 12.1 Å². The predicted molar refractivity (Wildman–Crippen MR) is 63.5 cm³/mol. The molecule has 1 heterocycles. The zero-order chi connectivity index (χ0) is 11.8. The Morgan fingerprint density at radius 3 is 2.81 bits per heavy atom. The highest BCUT2D eigenvalue weighted by molar-refractivity contribution is 6.03. The number of carbonyl (C=O) groups is 1. The summed E-state index contributed by atoms with van der Waals surface area (Å²) in [6, 6.07) is 5.38. The summed E-state index contributed by atoms with van der Waals surface area (Å²) in [6.45, 7) is 4.45. The second-order valence-corrected chi connectivity index (χ2v) is 4.59. The first kappa shape index (κ1) is 11.1. The Bertz CT molecular complexity index is 420. The van der Waals surface area contributed by atoms with E-state index in [2.05, 4.69) is 0 Å². The van der Waals surface area contributed by atoms with Gasteiger partial charge in [-0.25, -0.2) is 0 Å². The number of carbonyl (C=O) groups excluding carboxylic acids is 1. The van der Waals surface area contributed by atoms with Crippen LogP contribution in [0.1, 0.15) is 35.7 Å². The zero-order valence-electron chi connectivity index (χ0n) is 9.75. The van der Waals surface area contributed by atoms with Gasteiger partial charge in [0.1, 0.15) is 5.60 Å². The monoisotopic (exact) mass is 219 g/mol. The van der Waals surface area contributed by atoms with Crippen LogP contribution in [0.15, 0.2) is 18.2 Å². The normalized spacial score (nSPS) is 24.6. The van der Waals surface area contributed by atoms with Gasteiger partial charge in [-0.1, -0.05) is 0 Å². The van der Waals surface area contributed by atoms with Gasteiger partial charge in [0, 0.05) is 17.9 Å². The number of anilines is 1. The van der Waals surface area contributed by atoms with Crippen LogP contribution in [-0.4, -0.2) is 18.0 Å². The van der Waals surface area contributed by atoms with E-state index < -0.39 is 5.60 Å². The molecule has 1 aromatic rings. The number of hydrogen-bond donors (Lipinski definition) is 1. The molecule has 2 rings (SSSR count). The van der Waals surface area contributed by atoms with Crippen molar-refractivity contribution in [3.8, 4) is 0 Å². The van der Waals surface area contributed by atoms with Crippen molar-refractivity contribution in [2.75, 3.05) is 12.3 Å². The van der Waals surface area contributed by atoms with E-state index in [4.69, 9.17) is 10.5 Å². The molecule has 86 valence electrons. The van der Waals surface area contributed by atoms with E-state index in [0.29, 0.717) is 12.3 Å². The fraction of sp³-hybridized carbons (Fsp3) is 0.462. The third-order valence-electron chi connectivity index (χ3n) is 3.19. The van der Waals surface area contributed by atoms with Crippen molar-refractivity contribution >= 4 is 11.5 Å². The number of hydrogen-bond acceptors (Lipinski definition) is 3. The Labute approximate surface area is 95.6 Å². The first-order chi connectivity index (χ1) is 7.53. The van der Waals surface area contributed by atoms with Crippen LogP contribution in [0.5, 0.6) is 0 Å². The Balaban J connectivity index is 2.33. The SMILES string of the molecule is Cc1cc(N)ccc1C(=O)C1(C)CCCO1. The lowest BCUT2D eigenvalue weighted by atomic mass is 9.90. The van der Waals surface area contributed by atoms with E-state index >= 15 is 0 Å². The average Bonchev–Trinajstić information content (AvgIpc) is 2.66. The quantitative estimate of drug-likeness (QED) is 0.613. The Morgan fingerprint density at radius 1 is 1.50 bits per heavy atom. The molecule has 0 spiro atoms. The zero-order valence-corrected chi connectivity index (χ0v) is 9.75. The number of aryl methyl sites for hydroxylation is 1. The number of ketones is 1. The summed E-state index contributed by atoms with van der Waals surface area (Å²) < 4.78 is 5.56. The summed E-state index contributed by atoms with van der Waals surface area (Å²) in [7, 11) is 0. The number of ether oxygens (including phenoxy) is 1. The van der Waals surface area contributed by atoms with Crippen LogP contribution in [0.3, 0.4) is 0 Å². The van der Waals surface area contributed by atoms with Crippen LogP contribution in [0.25, 0.3) is 0 Å². The molecule has 0 saturated carbocycles. The topological polar surface area (TPSA) is 52.3 Å². The van der Waals surface area contributed by atoms with Crippen molar-refractivity contribution in [3.05, 3.63) is 29.3 Å². The van der Waals surface area contributed by atoms with E-state index in [9.17, 15) is 4.79 Å². The lowest BCUT2D eigenvalue weighted by molar-refractivity contribution is 0.0213. The summed E-state index contributed by atoms with van der Waals surface area (Å²) in [5, 5.41) is 0. The molecule has 0 aliphatic carbocycles. The molecule has 1 unspecified atom stereocenters. The third kappa shape index (κ3) is 1.83. The lowest BCUT2D eigenvalue weighted by Crippen LogP contribution is -2.34. The molecule has 16 heavy (non-hydrogen) atoms. The minimum absolute atomic E-state index is 0.0718. The number of nitrogen functional groups attached to an aromatic ring is 1. The highest BCUT2D eigenvalue weighted by atomic mass is 16.5. The smallest absolute Gasteiger partial charge is 0.194 e. The van der Waals surface area contributed by atoms with Gasteiger partial charge in [-0.15, -0.1) is 0 Å². The van der Waals surface area contributed by atoms with Gasteiger partial charge in [0.15, 0.2) is 5.78 Å². The van der Waals surface area contributed by atoms with Gasteiger partial charge in [0.2, 0.25) is 0 Å². The summed E-state index contributed by atoms with van der Waals surface area (Å²) in [4.78, 5) is 12.3. The van der Waals surface area contributed by atoms with Crippen LogP contribution in [0, 0.1) is 6.92 Å². The molecule has 3 heteroatoms. The Hall–Kier alpha value is -1.35. The summed E-state index contributed by atoms with van der Waals surface area (Å²) in [6.07, 6.45) is 1.76. The van der Waals surface area contributed by atoms with Gasteiger partial charge in [-0.05, 0) is 50.5 Å². The molecular weight excluding hydrogens is 202 g/mol. The maximum atomic E-state index is 12.3. The van der Waals surface area contributed by atoms with Crippen molar-refractivity contribution in [2.45, 2.75) is 32.3 Å².